The molecule has 1 aromatic heterocycles. The molecule has 156 valence electrons. The normalized spacial score (nSPS) is 11.6. The second kappa shape index (κ2) is 9.34. The van der Waals surface area contributed by atoms with Crippen molar-refractivity contribution in [2.24, 2.45) is 5.10 Å². The summed E-state index contributed by atoms with van der Waals surface area (Å²) in [6.07, 6.45) is 3.96. The van der Waals surface area contributed by atoms with Crippen molar-refractivity contribution >= 4 is 51.0 Å². The van der Waals surface area contributed by atoms with E-state index in [9.17, 15) is 13.2 Å². The van der Waals surface area contributed by atoms with Crippen LogP contribution >= 0.6 is 23.2 Å². The molecule has 1 heterocycles. The topological polar surface area (TPSA) is 92.0 Å². The van der Waals surface area contributed by atoms with Gasteiger partial charge in [0.25, 0.3) is 5.91 Å². The lowest BCUT2D eigenvalue weighted by molar-refractivity contribution is 0.0955. The minimum Gasteiger partial charge on any atom is -0.463 e. The fourth-order valence-electron chi connectivity index (χ4n) is 2.58. The zero-order valence-corrected chi connectivity index (χ0v) is 18.1. The highest BCUT2D eigenvalue weighted by molar-refractivity contribution is 7.92. The fourth-order valence-corrected chi connectivity index (χ4v) is 3.92. The summed E-state index contributed by atoms with van der Waals surface area (Å²) in [6, 6.07) is 14.6. The number of nitrogens with zero attached hydrogens (tertiary/aromatic N) is 2. The Labute approximate surface area is 184 Å². The van der Waals surface area contributed by atoms with Crippen LogP contribution < -0.4 is 9.73 Å². The first-order valence-electron chi connectivity index (χ1n) is 8.63. The van der Waals surface area contributed by atoms with E-state index in [0.717, 1.165) is 10.6 Å². The predicted octanol–water partition coefficient (Wildman–Crippen LogP) is 4.32. The van der Waals surface area contributed by atoms with E-state index in [1.807, 2.05) is 0 Å². The number of halogens is 2. The number of hydrogen-bond acceptors (Lipinski definition) is 5. The van der Waals surface area contributed by atoms with E-state index < -0.39 is 15.9 Å². The van der Waals surface area contributed by atoms with Crippen LogP contribution in [0.25, 0.3) is 0 Å². The highest BCUT2D eigenvalue weighted by atomic mass is 35.5. The highest BCUT2D eigenvalue weighted by Crippen LogP contribution is 2.34. The van der Waals surface area contributed by atoms with Gasteiger partial charge < -0.3 is 4.42 Å². The smallest absolute Gasteiger partial charge is 0.271 e. The Morgan fingerprint density at radius 1 is 1.13 bits per heavy atom. The number of sulfonamides is 1. The van der Waals surface area contributed by atoms with E-state index in [1.54, 1.807) is 54.6 Å². The van der Waals surface area contributed by atoms with Gasteiger partial charge in [-0.2, -0.15) is 5.10 Å². The zero-order valence-electron chi connectivity index (χ0n) is 15.7. The van der Waals surface area contributed by atoms with Crippen LogP contribution in [0.3, 0.4) is 0 Å². The molecule has 0 aliphatic rings. The van der Waals surface area contributed by atoms with Gasteiger partial charge in [0.15, 0.2) is 0 Å². The molecule has 1 N–H and O–H groups in total. The molecule has 0 aliphatic carbocycles. The van der Waals surface area contributed by atoms with Crippen LogP contribution in [0.4, 0.5) is 5.69 Å². The molecule has 10 heteroatoms. The number of rotatable bonds is 7. The number of hydrazone groups is 1. The summed E-state index contributed by atoms with van der Waals surface area (Å²) < 4.78 is 30.9. The average Bonchev–Trinajstić information content (AvgIpc) is 3.21. The molecule has 0 aliphatic heterocycles. The van der Waals surface area contributed by atoms with Gasteiger partial charge in [0, 0.05) is 5.56 Å². The number of furan rings is 1. The van der Waals surface area contributed by atoms with Crippen LogP contribution in [0.15, 0.2) is 70.4 Å². The van der Waals surface area contributed by atoms with Gasteiger partial charge in [-0.3, -0.25) is 9.10 Å². The Kier molecular flexibility index (Phi) is 6.81. The van der Waals surface area contributed by atoms with Crippen molar-refractivity contribution in [3.05, 3.63) is 87.8 Å². The van der Waals surface area contributed by atoms with Crippen LogP contribution in [0.5, 0.6) is 0 Å². The van der Waals surface area contributed by atoms with Gasteiger partial charge in [0.2, 0.25) is 10.0 Å². The van der Waals surface area contributed by atoms with E-state index in [2.05, 4.69) is 10.5 Å². The number of benzene rings is 2. The second-order valence-corrected chi connectivity index (χ2v) is 8.95. The van der Waals surface area contributed by atoms with Crippen LogP contribution in [-0.4, -0.2) is 26.8 Å². The van der Waals surface area contributed by atoms with Gasteiger partial charge >= 0.3 is 0 Å². The van der Waals surface area contributed by atoms with Crippen LogP contribution in [-0.2, 0) is 16.6 Å². The Morgan fingerprint density at radius 3 is 2.50 bits per heavy atom. The first-order valence-corrected chi connectivity index (χ1v) is 11.2. The Bertz CT molecular complexity index is 1160. The molecular formula is C20H17Cl2N3O4S. The van der Waals surface area contributed by atoms with Gasteiger partial charge in [0.1, 0.15) is 5.76 Å². The number of anilines is 1. The number of nitrogens with one attached hydrogen (secondary N) is 1. The van der Waals surface area contributed by atoms with Gasteiger partial charge in [0.05, 0.1) is 41.0 Å². The van der Waals surface area contributed by atoms with Crippen molar-refractivity contribution in [2.45, 2.75) is 6.54 Å². The van der Waals surface area contributed by atoms with E-state index in [0.29, 0.717) is 16.9 Å². The number of carbonyl (C=O) groups excluding carboxylic acids is 1. The third kappa shape index (κ3) is 5.41. The lowest BCUT2D eigenvalue weighted by Gasteiger charge is -2.24. The van der Waals surface area contributed by atoms with Crippen molar-refractivity contribution in [3.63, 3.8) is 0 Å². The van der Waals surface area contributed by atoms with Gasteiger partial charge in [-0.1, -0.05) is 41.4 Å². The molecule has 0 saturated carbocycles. The first kappa shape index (κ1) is 21.9. The fraction of sp³-hybridized carbons (Fsp3) is 0.100. The molecule has 0 atom stereocenters. The molecule has 0 bridgehead atoms. The lowest BCUT2D eigenvalue weighted by Crippen LogP contribution is -2.29. The maximum Gasteiger partial charge on any atom is 0.271 e. The zero-order chi connectivity index (χ0) is 21.7. The maximum atomic E-state index is 12.3. The molecule has 30 heavy (non-hydrogen) atoms. The third-order valence-electron chi connectivity index (χ3n) is 4.04. The molecule has 0 saturated heterocycles. The van der Waals surface area contributed by atoms with E-state index in [1.165, 1.54) is 12.5 Å². The van der Waals surface area contributed by atoms with Crippen molar-refractivity contribution in [2.75, 3.05) is 10.6 Å². The molecule has 0 spiro atoms. The van der Waals surface area contributed by atoms with E-state index in [-0.39, 0.29) is 22.3 Å². The summed E-state index contributed by atoms with van der Waals surface area (Å²) in [6.45, 7) is 0.0252. The standard InChI is InChI=1S/C20H17Cl2N3O4S/c1-30(27,28)25(18-6-2-5-17(21)19(18)22)13-14-7-9-15(10-8-14)20(26)24-23-12-16-4-3-11-29-16/h2-12H,13H2,1H3,(H,24,26)/b23-12-. The van der Waals surface area contributed by atoms with Crippen molar-refractivity contribution in [1.29, 1.82) is 0 Å². The average molecular weight is 466 g/mol. The monoisotopic (exact) mass is 465 g/mol. The summed E-state index contributed by atoms with van der Waals surface area (Å²) in [4.78, 5) is 12.2. The minimum atomic E-state index is -3.63. The minimum absolute atomic E-state index is 0.0252. The van der Waals surface area contributed by atoms with Gasteiger partial charge in [-0.15, -0.1) is 0 Å². The molecule has 3 rings (SSSR count). The van der Waals surface area contributed by atoms with Gasteiger partial charge in [-0.25, -0.2) is 13.8 Å². The molecule has 0 fully saturated rings. The van der Waals surface area contributed by atoms with Crippen LogP contribution in [0.2, 0.25) is 10.0 Å². The maximum absolute atomic E-state index is 12.3. The van der Waals surface area contributed by atoms with Crippen LogP contribution in [0.1, 0.15) is 21.7 Å². The Morgan fingerprint density at radius 2 is 1.87 bits per heavy atom. The van der Waals surface area contributed by atoms with Crippen LogP contribution in [0, 0.1) is 0 Å². The number of amides is 1. The molecule has 1 amide bonds. The van der Waals surface area contributed by atoms with Gasteiger partial charge in [-0.05, 0) is 42.0 Å². The highest BCUT2D eigenvalue weighted by Gasteiger charge is 2.21. The summed E-state index contributed by atoms with van der Waals surface area (Å²) in [5.41, 5.74) is 3.69. The molecule has 3 aromatic rings. The van der Waals surface area contributed by atoms with E-state index in [4.69, 9.17) is 27.6 Å². The molecular weight excluding hydrogens is 449 g/mol. The molecule has 0 radical (unpaired) electrons. The van der Waals surface area contributed by atoms with Crippen molar-refractivity contribution < 1.29 is 17.6 Å². The summed E-state index contributed by atoms with van der Waals surface area (Å²) in [5.74, 6) is 0.0911. The van der Waals surface area contributed by atoms with E-state index >= 15 is 0 Å². The predicted molar refractivity (Wildman–Crippen MR) is 118 cm³/mol. The van der Waals surface area contributed by atoms with Crippen molar-refractivity contribution in [1.82, 2.24) is 5.43 Å². The Hall–Kier alpha value is -2.81. The number of carbonyl (C=O) groups is 1. The second-order valence-electron chi connectivity index (χ2n) is 6.25. The molecule has 2 aromatic carbocycles. The molecule has 7 nitrogen and oxygen atoms in total. The Balaban J connectivity index is 1.74. The SMILES string of the molecule is CS(=O)(=O)N(Cc1ccc(C(=O)N/N=C\c2ccco2)cc1)c1cccc(Cl)c1Cl. The quantitative estimate of drug-likeness (QED) is 0.415. The largest absolute Gasteiger partial charge is 0.463 e. The lowest BCUT2D eigenvalue weighted by atomic mass is 10.1. The first-order chi connectivity index (χ1) is 14.3. The summed E-state index contributed by atoms with van der Waals surface area (Å²) in [5, 5.41) is 4.22. The summed E-state index contributed by atoms with van der Waals surface area (Å²) >= 11 is 12.2. The summed E-state index contributed by atoms with van der Waals surface area (Å²) in [7, 11) is -3.63. The molecule has 0 unspecified atom stereocenters. The third-order valence-corrected chi connectivity index (χ3v) is 5.98. The number of hydrogen-bond donors (Lipinski definition) is 1. The van der Waals surface area contributed by atoms with Crippen molar-refractivity contribution in [3.8, 4) is 0 Å².